The number of aryl methyl sites for hydroxylation is 3. The largest absolute Gasteiger partial charge is 0.310 e. The minimum Gasteiger partial charge on any atom is -0.310 e. The smallest absolute Gasteiger partial charge is 0.244 e. The SMILES string of the molecule is Cc1cc(-n2nc3c(c2C2C=CN(c4ccc5c(c4)CCS(C)(=O)=N5)C2=O)[C@H](C)NCC3)cc(C)c1F. The first-order valence-corrected chi connectivity index (χ1v) is 14.7. The van der Waals surface area contributed by atoms with Gasteiger partial charge in [-0.3, -0.25) is 9.69 Å². The van der Waals surface area contributed by atoms with Crippen molar-refractivity contribution in [1.29, 1.82) is 0 Å². The van der Waals surface area contributed by atoms with E-state index in [9.17, 15) is 13.4 Å². The molecule has 2 aromatic carbocycles. The molecule has 0 radical (unpaired) electrons. The Morgan fingerprint density at radius 1 is 1.11 bits per heavy atom. The molecule has 37 heavy (non-hydrogen) atoms. The van der Waals surface area contributed by atoms with Crippen LogP contribution in [0.2, 0.25) is 0 Å². The molecule has 3 aliphatic heterocycles. The van der Waals surface area contributed by atoms with Crippen LogP contribution in [-0.2, 0) is 27.4 Å². The van der Waals surface area contributed by atoms with E-state index in [1.165, 1.54) is 0 Å². The summed E-state index contributed by atoms with van der Waals surface area (Å²) in [6.45, 7) is 6.41. The minimum absolute atomic E-state index is 0.0413. The van der Waals surface area contributed by atoms with Crippen LogP contribution in [0, 0.1) is 19.7 Å². The second-order valence-electron chi connectivity index (χ2n) is 10.3. The van der Waals surface area contributed by atoms with E-state index >= 15 is 0 Å². The molecule has 7 nitrogen and oxygen atoms in total. The molecule has 1 N–H and O–H groups in total. The van der Waals surface area contributed by atoms with Gasteiger partial charge in [0.2, 0.25) is 5.91 Å². The maximum atomic E-state index is 14.4. The van der Waals surface area contributed by atoms with Gasteiger partial charge in [-0.2, -0.15) is 9.46 Å². The van der Waals surface area contributed by atoms with Gasteiger partial charge in [-0.15, -0.1) is 0 Å². The average molecular weight is 520 g/mol. The van der Waals surface area contributed by atoms with E-state index in [1.807, 2.05) is 35.2 Å². The molecular weight excluding hydrogens is 489 g/mol. The van der Waals surface area contributed by atoms with Crippen LogP contribution >= 0.6 is 0 Å². The predicted octanol–water partition coefficient (Wildman–Crippen LogP) is 4.76. The normalized spacial score (nSPS) is 24.7. The summed E-state index contributed by atoms with van der Waals surface area (Å²) in [4.78, 5) is 15.6. The fourth-order valence-corrected chi connectivity index (χ4v) is 6.94. The standard InChI is InChI=1S/C28H30FN5O2S/c1-16-13-21(14-17(2)26(16)29)34-27(25-18(3)30-10-7-24(25)31-34)22-8-11-33(28(22)35)20-5-6-23-19(15-20)9-12-37(4,36)32-23/h5-6,8,11,13-15,18,22,30H,7,9-10,12H2,1-4H3/t18-,22?,37?/m0/s1. The summed E-state index contributed by atoms with van der Waals surface area (Å²) in [5.74, 6) is -0.301. The van der Waals surface area contributed by atoms with Gasteiger partial charge < -0.3 is 5.32 Å². The highest BCUT2D eigenvalue weighted by atomic mass is 32.2. The Labute approximate surface area is 216 Å². The monoisotopic (exact) mass is 519 g/mol. The summed E-state index contributed by atoms with van der Waals surface area (Å²) in [6.07, 6.45) is 6.86. The van der Waals surface area contributed by atoms with E-state index in [0.717, 1.165) is 52.5 Å². The Bertz CT molecular complexity index is 1590. The van der Waals surface area contributed by atoms with Gasteiger partial charge in [0, 0.05) is 58.2 Å². The summed E-state index contributed by atoms with van der Waals surface area (Å²) in [5, 5.41) is 8.44. The number of nitrogens with one attached hydrogen (secondary N) is 1. The first-order chi connectivity index (χ1) is 17.6. The number of hydrogen-bond acceptors (Lipinski definition) is 5. The maximum absolute atomic E-state index is 14.4. The number of rotatable bonds is 3. The molecule has 0 saturated carbocycles. The van der Waals surface area contributed by atoms with Gasteiger partial charge in [0.25, 0.3) is 0 Å². The summed E-state index contributed by atoms with van der Waals surface area (Å²) >= 11 is 0. The van der Waals surface area contributed by atoms with Gasteiger partial charge in [0.15, 0.2) is 0 Å². The second-order valence-corrected chi connectivity index (χ2v) is 12.8. The lowest BCUT2D eigenvalue weighted by Gasteiger charge is -2.24. The molecule has 0 fully saturated rings. The van der Waals surface area contributed by atoms with E-state index in [0.29, 0.717) is 23.3 Å². The lowest BCUT2D eigenvalue weighted by atomic mass is 9.93. The van der Waals surface area contributed by atoms with Crippen LogP contribution in [0.4, 0.5) is 15.8 Å². The number of benzene rings is 2. The number of fused-ring (bicyclic) bond motifs is 2. The van der Waals surface area contributed by atoms with Crippen molar-refractivity contribution in [3.8, 4) is 5.69 Å². The van der Waals surface area contributed by atoms with Crippen LogP contribution in [0.25, 0.3) is 5.69 Å². The quantitative estimate of drug-likeness (QED) is 0.541. The van der Waals surface area contributed by atoms with Gasteiger partial charge in [0.1, 0.15) is 11.7 Å². The molecule has 3 aliphatic rings. The molecule has 6 rings (SSSR count). The Balaban J connectivity index is 1.43. The number of anilines is 1. The van der Waals surface area contributed by atoms with Crippen molar-refractivity contribution in [3.05, 3.63) is 82.1 Å². The van der Waals surface area contributed by atoms with Gasteiger partial charge in [-0.05, 0) is 80.3 Å². The molecule has 3 atom stereocenters. The van der Waals surface area contributed by atoms with Crippen molar-refractivity contribution in [3.63, 3.8) is 0 Å². The van der Waals surface area contributed by atoms with E-state index < -0.39 is 15.6 Å². The molecule has 0 bridgehead atoms. The first-order valence-electron chi connectivity index (χ1n) is 12.6. The zero-order valence-electron chi connectivity index (χ0n) is 21.4. The first kappa shape index (κ1) is 24.1. The van der Waals surface area contributed by atoms with Crippen LogP contribution < -0.4 is 10.2 Å². The summed E-state index contributed by atoms with van der Waals surface area (Å²) in [6, 6.07) is 9.31. The number of carbonyl (C=O) groups excluding carboxylic acids is 1. The molecule has 3 aromatic rings. The summed E-state index contributed by atoms with van der Waals surface area (Å²) < 4.78 is 33.1. The number of aromatic nitrogens is 2. The highest BCUT2D eigenvalue weighted by Gasteiger charge is 2.38. The highest BCUT2D eigenvalue weighted by Crippen LogP contribution is 2.39. The van der Waals surface area contributed by atoms with Gasteiger partial charge in [-0.25, -0.2) is 13.3 Å². The van der Waals surface area contributed by atoms with Crippen LogP contribution in [0.3, 0.4) is 0 Å². The Morgan fingerprint density at radius 2 is 1.86 bits per heavy atom. The molecule has 0 spiro atoms. The van der Waals surface area contributed by atoms with Crippen LogP contribution in [-0.4, -0.2) is 38.4 Å². The van der Waals surface area contributed by atoms with Crippen molar-refractivity contribution < 1.29 is 13.4 Å². The number of halogens is 1. The van der Waals surface area contributed by atoms with Crippen molar-refractivity contribution in [2.75, 3.05) is 23.5 Å². The van der Waals surface area contributed by atoms with Crippen LogP contribution in [0.5, 0.6) is 0 Å². The topological polar surface area (TPSA) is 79.6 Å². The van der Waals surface area contributed by atoms with Crippen molar-refractivity contribution >= 4 is 27.0 Å². The number of amides is 1. The third-order valence-corrected chi connectivity index (χ3v) is 9.10. The fraction of sp³-hybridized carbons (Fsp3) is 0.357. The van der Waals surface area contributed by atoms with Crippen molar-refractivity contribution in [2.24, 2.45) is 4.36 Å². The molecule has 192 valence electrons. The van der Waals surface area contributed by atoms with E-state index in [2.05, 4.69) is 16.6 Å². The summed E-state index contributed by atoms with van der Waals surface area (Å²) in [7, 11) is -2.19. The molecule has 4 heterocycles. The fourth-order valence-electron chi connectivity index (χ4n) is 5.66. The van der Waals surface area contributed by atoms with Gasteiger partial charge in [0.05, 0.1) is 22.8 Å². The molecule has 2 unspecified atom stereocenters. The molecule has 0 saturated heterocycles. The molecule has 1 aromatic heterocycles. The van der Waals surface area contributed by atoms with E-state index in [4.69, 9.17) is 5.10 Å². The number of nitrogens with zero attached hydrogens (tertiary/aromatic N) is 4. The van der Waals surface area contributed by atoms with Crippen molar-refractivity contribution in [2.45, 2.75) is 45.6 Å². The second kappa shape index (κ2) is 8.63. The molecule has 0 aliphatic carbocycles. The Morgan fingerprint density at radius 3 is 2.62 bits per heavy atom. The highest BCUT2D eigenvalue weighted by molar-refractivity contribution is 7.93. The van der Waals surface area contributed by atoms with Crippen LogP contribution in [0.15, 0.2) is 47.0 Å². The minimum atomic E-state index is -2.19. The van der Waals surface area contributed by atoms with Crippen molar-refractivity contribution in [1.82, 2.24) is 15.1 Å². The Kier molecular flexibility index (Phi) is 5.61. The van der Waals surface area contributed by atoms with E-state index in [-0.39, 0.29) is 17.8 Å². The summed E-state index contributed by atoms with van der Waals surface area (Å²) in [5.41, 5.74) is 7.19. The number of hydrogen-bond donors (Lipinski definition) is 1. The molecule has 9 heteroatoms. The maximum Gasteiger partial charge on any atom is 0.244 e. The molecule has 1 amide bonds. The van der Waals surface area contributed by atoms with Gasteiger partial charge >= 0.3 is 0 Å². The lowest BCUT2D eigenvalue weighted by Crippen LogP contribution is -2.30. The zero-order chi connectivity index (χ0) is 26.1. The van der Waals surface area contributed by atoms with Gasteiger partial charge in [-0.1, -0.05) is 0 Å². The average Bonchev–Trinajstić information content (AvgIpc) is 3.42. The number of carbonyl (C=O) groups is 1. The van der Waals surface area contributed by atoms with E-state index in [1.54, 1.807) is 37.1 Å². The lowest BCUT2D eigenvalue weighted by molar-refractivity contribution is -0.118. The predicted molar refractivity (Wildman–Crippen MR) is 144 cm³/mol. The van der Waals surface area contributed by atoms with Crippen LogP contribution in [0.1, 0.15) is 52.5 Å². The molecular formula is C28H30FN5O2S. The Hall–Kier alpha value is -3.30. The third-order valence-electron chi connectivity index (χ3n) is 7.56. The third kappa shape index (κ3) is 4.01. The zero-order valence-corrected chi connectivity index (χ0v) is 22.2.